The highest BCUT2D eigenvalue weighted by Gasteiger charge is 2.39. The smallest absolute Gasteiger partial charge is 0.450 e. The lowest BCUT2D eigenvalue weighted by Crippen LogP contribution is -2.27. The number of hydrogen-bond acceptors (Lipinski definition) is 4. The first-order valence-corrected chi connectivity index (χ1v) is 4.05. The van der Waals surface area contributed by atoms with Crippen LogP contribution in [0.5, 0.6) is 0 Å². The first kappa shape index (κ1) is 13.9. The minimum atomic E-state index is -4.99. The molecule has 0 aromatic rings. The van der Waals surface area contributed by atoms with Crippen LogP contribution in [0.1, 0.15) is 13.3 Å². The van der Waals surface area contributed by atoms with Crippen LogP contribution in [0.2, 0.25) is 0 Å². The molecule has 0 aromatic carbocycles. The van der Waals surface area contributed by atoms with Gasteiger partial charge < -0.3 is 9.47 Å². The molecule has 0 rings (SSSR count). The number of hydrogen-bond donors (Lipinski definition) is 0. The number of ketones is 1. The summed E-state index contributed by atoms with van der Waals surface area (Å²) in [6.45, 7) is 1.39. The van der Waals surface area contributed by atoms with E-state index < -0.39 is 30.5 Å². The van der Waals surface area contributed by atoms with Gasteiger partial charge in [-0.25, -0.2) is 0 Å². The maximum atomic E-state index is 11.7. The summed E-state index contributed by atoms with van der Waals surface area (Å²) < 4.78 is 44.1. The average Bonchev–Trinajstić information content (AvgIpc) is 2.12. The van der Waals surface area contributed by atoms with E-state index in [0.717, 1.165) is 0 Å². The van der Waals surface area contributed by atoms with E-state index in [1.807, 2.05) is 0 Å². The van der Waals surface area contributed by atoms with Gasteiger partial charge in [-0.3, -0.25) is 9.59 Å². The van der Waals surface area contributed by atoms with Gasteiger partial charge in [0.2, 0.25) is 5.78 Å². The van der Waals surface area contributed by atoms with Gasteiger partial charge in [0.25, 0.3) is 0 Å². The second-order valence-electron chi connectivity index (χ2n) is 2.83. The topological polar surface area (TPSA) is 52.6 Å². The minimum absolute atomic E-state index is 0.180. The van der Waals surface area contributed by atoms with Crippen LogP contribution >= 0.6 is 0 Å². The van der Waals surface area contributed by atoms with E-state index in [1.165, 1.54) is 7.11 Å². The number of rotatable bonds is 5. The highest BCUT2D eigenvalue weighted by atomic mass is 19.4. The molecule has 7 heteroatoms. The predicted octanol–water partition coefficient (Wildman–Crippen LogP) is 1.09. The lowest BCUT2D eigenvalue weighted by atomic mass is 10.3. The van der Waals surface area contributed by atoms with E-state index >= 15 is 0 Å². The predicted molar refractivity (Wildman–Crippen MR) is 43.1 cm³/mol. The lowest BCUT2D eigenvalue weighted by molar-refractivity contribution is -0.175. The second kappa shape index (κ2) is 5.69. The van der Waals surface area contributed by atoms with Gasteiger partial charge in [0.1, 0.15) is 13.0 Å². The Morgan fingerprint density at radius 3 is 2.27 bits per heavy atom. The summed E-state index contributed by atoms with van der Waals surface area (Å²) in [6.07, 6.45) is -6.71. The van der Waals surface area contributed by atoms with Crippen molar-refractivity contribution in [1.82, 2.24) is 0 Å². The summed E-state index contributed by atoms with van der Waals surface area (Å²) in [6, 6.07) is 0. The molecule has 0 aliphatic carbocycles. The Morgan fingerprint density at radius 1 is 1.33 bits per heavy atom. The quantitative estimate of drug-likeness (QED) is 0.522. The molecule has 0 radical (unpaired) electrons. The van der Waals surface area contributed by atoms with Crippen LogP contribution in [0.25, 0.3) is 0 Å². The van der Waals surface area contributed by atoms with E-state index in [0.29, 0.717) is 0 Å². The molecule has 0 spiro atoms. The second-order valence-corrected chi connectivity index (χ2v) is 2.83. The number of esters is 1. The van der Waals surface area contributed by atoms with E-state index in [4.69, 9.17) is 0 Å². The van der Waals surface area contributed by atoms with E-state index in [9.17, 15) is 22.8 Å². The molecule has 4 nitrogen and oxygen atoms in total. The van der Waals surface area contributed by atoms with E-state index in [2.05, 4.69) is 9.47 Å². The molecule has 0 bridgehead atoms. The van der Waals surface area contributed by atoms with Gasteiger partial charge >= 0.3 is 12.1 Å². The normalized spacial score (nSPS) is 13.4. The Kier molecular flexibility index (Phi) is 5.27. The molecule has 0 aromatic heterocycles. The third-order valence-electron chi connectivity index (χ3n) is 1.50. The van der Waals surface area contributed by atoms with Gasteiger partial charge in [-0.05, 0) is 6.92 Å². The number of methoxy groups -OCH3 is 1. The van der Waals surface area contributed by atoms with Crippen LogP contribution in [0.4, 0.5) is 13.2 Å². The van der Waals surface area contributed by atoms with E-state index in [1.54, 1.807) is 6.92 Å². The number of halogens is 3. The van der Waals surface area contributed by atoms with E-state index in [-0.39, 0.29) is 6.61 Å². The Morgan fingerprint density at radius 2 is 1.87 bits per heavy atom. The van der Waals surface area contributed by atoms with Crippen LogP contribution in [-0.4, -0.2) is 37.7 Å². The molecule has 0 saturated heterocycles. The maximum Gasteiger partial charge on any atom is 0.450 e. The fourth-order valence-electron chi connectivity index (χ4n) is 0.561. The Balaban J connectivity index is 3.90. The number of carbonyl (C=O) groups is 2. The Hall–Kier alpha value is -1.11. The van der Waals surface area contributed by atoms with Crippen LogP contribution in [0, 0.1) is 0 Å². The van der Waals surface area contributed by atoms with Crippen molar-refractivity contribution in [3.63, 3.8) is 0 Å². The molecule has 0 aliphatic heterocycles. The molecular formula is C8H11F3O4. The molecule has 0 N–H and O–H groups in total. The molecule has 0 fully saturated rings. The lowest BCUT2D eigenvalue weighted by Gasteiger charge is -2.10. The van der Waals surface area contributed by atoms with Crippen LogP contribution in [0.3, 0.4) is 0 Å². The van der Waals surface area contributed by atoms with Crippen molar-refractivity contribution in [1.29, 1.82) is 0 Å². The standard InChI is InChI=1S/C8H11F3O4/c1-5(14-2)4-15-7(13)3-6(12)8(9,10)11/h5H,3-4H2,1-2H3. The molecule has 0 amide bonds. The first-order chi connectivity index (χ1) is 6.77. The summed E-state index contributed by atoms with van der Waals surface area (Å²) in [5, 5.41) is 0. The summed E-state index contributed by atoms with van der Waals surface area (Å²) >= 11 is 0. The largest absolute Gasteiger partial charge is 0.463 e. The zero-order valence-electron chi connectivity index (χ0n) is 8.26. The molecule has 0 saturated carbocycles. The maximum absolute atomic E-state index is 11.7. The van der Waals surface area contributed by atoms with Crippen LogP contribution < -0.4 is 0 Å². The number of carbonyl (C=O) groups excluding carboxylic acids is 2. The Bertz CT molecular complexity index is 237. The van der Waals surface area contributed by atoms with Gasteiger partial charge in [0.05, 0.1) is 6.10 Å². The fourth-order valence-corrected chi connectivity index (χ4v) is 0.561. The van der Waals surface area contributed by atoms with Crippen molar-refractivity contribution in [3.05, 3.63) is 0 Å². The number of alkyl halides is 3. The third-order valence-corrected chi connectivity index (χ3v) is 1.50. The number of ether oxygens (including phenoxy) is 2. The summed E-state index contributed by atoms with van der Waals surface area (Å²) in [4.78, 5) is 21.1. The minimum Gasteiger partial charge on any atom is -0.463 e. The zero-order chi connectivity index (χ0) is 12.1. The van der Waals surface area contributed by atoms with Gasteiger partial charge in [0.15, 0.2) is 0 Å². The van der Waals surface area contributed by atoms with Crippen LogP contribution in [-0.2, 0) is 19.1 Å². The van der Waals surface area contributed by atoms with Crippen molar-refractivity contribution in [3.8, 4) is 0 Å². The van der Waals surface area contributed by atoms with Gasteiger partial charge in [-0.15, -0.1) is 0 Å². The summed E-state index contributed by atoms with van der Waals surface area (Å²) in [5.74, 6) is -3.32. The Labute approximate surface area is 84.3 Å². The third kappa shape index (κ3) is 6.05. The average molecular weight is 228 g/mol. The van der Waals surface area contributed by atoms with Crippen molar-refractivity contribution in [2.24, 2.45) is 0 Å². The zero-order valence-corrected chi connectivity index (χ0v) is 8.26. The van der Waals surface area contributed by atoms with Crippen LogP contribution in [0.15, 0.2) is 0 Å². The molecule has 88 valence electrons. The molecule has 15 heavy (non-hydrogen) atoms. The fraction of sp³-hybridized carbons (Fsp3) is 0.750. The van der Waals surface area contributed by atoms with Crippen molar-refractivity contribution in [2.45, 2.75) is 25.6 Å². The molecular weight excluding hydrogens is 217 g/mol. The molecule has 1 unspecified atom stereocenters. The first-order valence-electron chi connectivity index (χ1n) is 4.05. The summed E-state index contributed by atoms with van der Waals surface area (Å²) in [5.41, 5.74) is 0. The van der Waals surface area contributed by atoms with Crippen molar-refractivity contribution in [2.75, 3.05) is 13.7 Å². The van der Waals surface area contributed by atoms with Crippen molar-refractivity contribution >= 4 is 11.8 Å². The molecule has 1 atom stereocenters. The highest BCUT2D eigenvalue weighted by Crippen LogP contribution is 2.17. The number of Topliss-reactive ketones (excluding diaryl/α,β-unsaturated/α-hetero) is 1. The van der Waals surface area contributed by atoms with Gasteiger partial charge in [-0.2, -0.15) is 13.2 Å². The molecule has 0 aliphatic rings. The SMILES string of the molecule is COC(C)COC(=O)CC(=O)C(F)(F)F. The summed E-state index contributed by atoms with van der Waals surface area (Å²) in [7, 11) is 1.36. The van der Waals surface area contributed by atoms with Gasteiger partial charge in [0, 0.05) is 7.11 Å². The molecule has 0 heterocycles. The van der Waals surface area contributed by atoms with Crippen molar-refractivity contribution < 1.29 is 32.2 Å². The van der Waals surface area contributed by atoms with Gasteiger partial charge in [-0.1, -0.05) is 0 Å². The highest BCUT2D eigenvalue weighted by molar-refractivity contribution is 5.98. The monoisotopic (exact) mass is 228 g/mol.